The minimum atomic E-state index is -3.76. The number of aliphatic hydroxyl groups excluding tert-OH is 1. The van der Waals surface area contributed by atoms with Crippen molar-refractivity contribution in [3.63, 3.8) is 0 Å². The van der Waals surface area contributed by atoms with Crippen LogP contribution in [-0.4, -0.2) is 62.5 Å². The summed E-state index contributed by atoms with van der Waals surface area (Å²) >= 11 is 0. The topological polar surface area (TPSA) is 171 Å². The van der Waals surface area contributed by atoms with Gasteiger partial charge in [-0.25, -0.2) is 13.2 Å². The molecule has 0 saturated heterocycles. The number of carbonyl (C=O) groups excluding carboxylic acids is 4. The quantitative estimate of drug-likeness (QED) is 0.0921. The third kappa shape index (κ3) is 13.1. The maximum absolute atomic E-state index is 13.5. The molecular weight excluding hydrogens is 733 g/mol. The van der Waals surface area contributed by atoms with E-state index in [0.29, 0.717) is 23.2 Å². The van der Waals surface area contributed by atoms with Gasteiger partial charge < -0.3 is 25.8 Å². The molecule has 12 nitrogen and oxygen atoms in total. The van der Waals surface area contributed by atoms with E-state index in [2.05, 4.69) is 16.0 Å². The summed E-state index contributed by atoms with van der Waals surface area (Å²) in [6.45, 7) is 7.72. The normalized spacial score (nSPS) is 13.0. The number of esters is 1. The summed E-state index contributed by atoms with van der Waals surface area (Å²) in [4.78, 5) is 52.4. The first-order valence-corrected chi connectivity index (χ1v) is 20.2. The molecule has 0 heterocycles. The second-order valence-electron chi connectivity index (χ2n) is 14.5. The predicted molar refractivity (Wildman–Crippen MR) is 216 cm³/mol. The number of aliphatic hydroxyl groups is 1. The van der Waals surface area contributed by atoms with Crippen LogP contribution in [0.25, 0.3) is 0 Å². The zero-order chi connectivity index (χ0) is 40.8. The highest BCUT2D eigenvalue weighted by Gasteiger charge is 2.29. The number of ether oxygens (including phenoxy) is 1. The van der Waals surface area contributed by atoms with E-state index in [9.17, 15) is 32.7 Å². The lowest BCUT2D eigenvalue weighted by atomic mass is 9.96. The molecule has 298 valence electrons. The van der Waals surface area contributed by atoms with E-state index in [4.69, 9.17) is 4.74 Å². The molecule has 0 bridgehead atoms. The Labute approximate surface area is 329 Å². The molecule has 3 atom stereocenters. The predicted octanol–water partition coefficient (Wildman–Crippen LogP) is 5.36. The van der Waals surface area contributed by atoms with E-state index in [1.54, 1.807) is 86.6 Å². The lowest BCUT2D eigenvalue weighted by Crippen LogP contribution is -2.51. The second kappa shape index (κ2) is 20.4. The van der Waals surface area contributed by atoms with Crippen molar-refractivity contribution in [3.8, 4) is 0 Å². The van der Waals surface area contributed by atoms with Gasteiger partial charge in [0.25, 0.3) is 5.91 Å². The summed E-state index contributed by atoms with van der Waals surface area (Å²) < 4.78 is 32.8. The van der Waals surface area contributed by atoms with Crippen LogP contribution in [0.5, 0.6) is 0 Å². The summed E-state index contributed by atoms with van der Waals surface area (Å²) in [5.74, 6) is -2.45. The highest BCUT2D eigenvalue weighted by atomic mass is 32.2. The van der Waals surface area contributed by atoms with Gasteiger partial charge in [0.15, 0.2) is 0 Å². The maximum atomic E-state index is 13.5. The number of benzene rings is 4. The van der Waals surface area contributed by atoms with Crippen molar-refractivity contribution < 1.29 is 37.4 Å². The first-order chi connectivity index (χ1) is 26.6. The number of anilines is 1. The number of hydrogen-bond donors (Lipinski definition) is 4. The lowest BCUT2D eigenvalue weighted by Gasteiger charge is -2.27. The van der Waals surface area contributed by atoms with Crippen LogP contribution in [-0.2, 0) is 43.3 Å². The van der Waals surface area contributed by atoms with Gasteiger partial charge in [-0.05, 0) is 65.3 Å². The van der Waals surface area contributed by atoms with Crippen LogP contribution in [0.3, 0.4) is 0 Å². The van der Waals surface area contributed by atoms with Gasteiger partial charge in [0.05, 0.1) is 35.6 Å². The van der Waals surface area contributed by atoms with E-state index >= 15 is 0 Å². The molecule has 0 aliphatic carbocycles. The Bertz CT molecular complexity index is 2020. The molecular formula is C43H52N4O8S. The Hall–Kier alpha value is -5.53. The van der Waals surface area contributed by atoms with Crippen LogP contribution in [0, 0.1) is 11.8 Å². The fourth-order valence-corrected chi connectivity index (χ4v) is 7.16. The van der Waals surface area contributed by atoms with Crippen LogP contribution in [0.1, 0.15) is 77.9 Å². The highest BCUT2D eigenvalue weighted by Crippen LogP contribution is 2.21. The molecule has 0 radical (unpaired) electrons. The van der Waals surface area contributed by atoms with E-state index in [0.717, 1.165) is 15.4 Å². The number of nitrogens with one attached hydrogen (secondary N) is 3. The van der Waals surface area contributed by atoms with Gasteiger partial charge in [0, 0.05) is 19.2 Å². The maximum Gasteiger partial charge on any atom is 0.338 e. The van der Waals surface area contributed by atoms with Crippen molar-refractivity contribution in [2.45, 2.75) is 77.6 Å². The van der Waals surface area contributed by atoms with Gasteiger partial charge in [-0.2, -0.15) is 0 Å². The van der Waals surface area contributed by atoms with E-state index < -0.39 is 51.9 Å². The Balaban J connectivity index is 1.32. The van der Waals surface area contributed by atoms with Gasteiger partial charge in [0.2, 0.25) is 21.8 Å². The molecule has 4 aromatic rings. The van der Waals surface area contributed by atoms with Crippen molar-refractivity contribution in [2.75, 3.05) is 11.4 Å². The average Bonchev–Trinajstić information content (AvgIpc) is 3.18. The second-order valence-corrected chi connectivity index (χ2v) is 16.5. The van der Waals surface area contributed by atoms with Crippen LogP contribution in [0.15, 0.2) is 109 Å². The molecule has 56 heavy (non-hydrogen) atoms. The Morgan fingerprint density at radius 3 is 1.98 bits per heavy atom. The molecule has 4 N–H and O–H groups in total. The van der Waals surface area contributed by atoms with E-state index in [1.807, 2.05) is 44.2 Å². The molecule has 0 unspecified atom stereocenters. The van der Waals surface area contributed by atoms with Crippen LogP contribution in [0.4, 0.5) is 5.69 Å². The first kappa shape index (κ1) is 43.2. The first-order valence-electron chi connectivity index (χ1n) is 18.6. The fourth-order valence-electron chi connectivity index (χ4n) is 5.92. The Kier molecular flexibility index (Phi) is 15.7. The van der Waals surface area contributed by atoms with E-state index in [1.165, 1.54) is 13.1 Å². The third-order valence-electron chi connectivity index (χ3n) is 9.12. The molecule has 0 aliphatic heterocycles. The summed E-state index contributed by atoms with van der Waals surface area (Å²) in [5, 5.41) is 19.6. The number of rotatable bonds is 19. The SMILES string of the molecule is CC(C)C[C@H](NC(=O)c1cccc(N(C)S(=O)(=O)Cc2ccccc2)c1)[C@@H](O)CC(=O)N[C@H](C(=O)NCc1ccc(C(=O)OCc2ccccc2)cc1)C(C)C. The molecule has 0 fully saturated rings. The largest absolute Gasteiger partial charge is 0.457 e. The van der Waals surface area contributed by atoms with Gasteiger partial charge in [0.1, 0.15) is 12.6 Å². The molecule has 13 heteroatoms. The lowest BCUT2D eigenvalue weighted by molar-refractivity contribution is -0.131. The van der Waals surface area contributed by atoms with E-state index in [-0.39, 0.29) is 42.7 Å². The molecule has 4 aromatic carbocycles. The standard InChI is InChI=1S/C43H52N4O8S/c1-29(2)23-37(45-41(50)35-17-12-18-36(24-35)47(5)56(53,54)28-33-15-10-7-11-16-33)38(48)25-39(49)46-40(30(3)4)42(51)44-26-31-19-21-34(22-20-31)43(52)55-27-32-13-8-6-9-14-32/h6-22,24,29-30,37-38,40,48H,23,25-28H2,1-5H3,(H,44,51)(H,45,50)(H,46,49)/t37-,38-,40-/m0/s1. The van der Waals surface area contributed by atoms with Crippen molar-refractivity contribution in [3.05, 3.63) is 137 Å². The van der Waals surface area contributed by atoms with Gasteiger partial charge >= 0.3 is 5.97 Å². The number of sulfonamides is 1. The monoisotopic (exact) mass is 784 g/mol. The highest BCUT2D eigenvalue weighted by molar-refractivity contribution is 7.92. The van der Waals surface area contributed by atoms with Gasteiger partial charge in [-0.15, -0.1) is 0 Å². The zero-order valence-corrected chi connectivity index (χ0v) is 33.3. The number of hydrogen-bond acceptors (Lipinski definition) is 8. The summed E-state index contributed by atoms with van der Waals surface area (Å²) in [5.41, 5.74) is 3.10. The number of carbonyl (C=O) groups is 4. The van der Waals surface area contributed by atoms with Crippen LogP contribution < -0.4 is 20.3 Å². The molecule has 0 saturated carbocycles. The average molecular weight is 785 g/mol. The van der Waals surface area contributed by atoms with Gasteiger partial charge in [-0.3, -0.25) is 18.7 Å². The van der Waals surface area contributed by atoms with Gasteiger partial charge in [-0.1, -0.05) is 107 Å². The Morgan fingerprint density at radius 2 is 1.38 bits per heavy atom. The van der Waals surface area contributed by atoms with Crippen molar-refractivity contribution >= 4 is 39.4 Å². The summed E-state index contributed by atoms with van der Waals surface area (Å²) in [7, 11) is -2.33. The molecule has 0 aliphatic rings. The summed E-state index contributed by atoms with van der Waals surface area (Å²) in [6, 6.07) is 29.3. The van der Waals surface area contributed by atoms with Crippen molar-refractivity contribution in [1.82, 2.24) is 16.0 Å². The molecule has 3 amide bonds. The Morgan fingerprint density at radius 1 is 0.750 bits per heavy atom. The number of nitrogens with zero attached hydrogens (tertiary/aromatic N) is 1. The fraction of sp³-hybridized carbons (Fsp3) is 0.349. The van der Waals surface area contributed by atoms with Crippen molar-refractivity contribution in [1.29, 1.82) is 0 Å². The third-order valence-corrected chi connectivity index (χ3v) is 10.9. The smallest absolute Gasteiger partial charge is 0.338 e. The van der Waals surface area contributed by atoms with Crippen LogP contribution in [0.2, 0.25) is 0 Å². The molecule has 4 rings (SSSR count). The summed E-state index contributed by atoms with van der Waals surface area (Å²) in [6.07, 6.45) is -1.31. The molecule has 0 spiro atoms. The molecule has 0 aromatic heterocycles. The number of amides is 3. The van der Waals surface area contributed by atoms with Crippen LogP contribution >= 0.6 is 0 Å². The minimum Gasteiger partial charge on any atom is -0.457 e. The minimum absolute atomic E-state index is 0.0433. The van der Waals surface area contributed by atoms with Crippen molar-refractivity contribution in [2.24, 2.45) is 11.8 Å². The zero-order valence-electron chi connectivity index (χ0n) is 32.5.